The normalized spacial score (nSPS) is 25.3. The van der Waals surface area contributed by atoms with Crippen LogP contribution in [0.4, 0.5) is 5.13 Å². The Morgan fingerprint density at radius 3 is 2.92 bits per heavy atom. The van der Waals surface area contributed by atoms with Gasteiger partial charge in [-0.2, -0.15) is 0 Å². The van der Waals surface area contributed by atoms with Crippen LogP contribution in [0.3, 0.4) is 0 Å². The molecule has 2 saturated heterocycles. The van der Waals surface area contributed by atoms with E-state index in [-0.39, 0.29) is 12.4 Å². The Bertz CT molecular complexity index is 803. The summed E-state index contributed by atoms with van der Waals surface area (Å²) in [5, 5.41) is 3.84. The molecule has 0 aliphatic carbocycles. The van der Waals surface area contributed by atoms with E-state index in [0.717, 1.165) is 73.0 Å². The number of morpholine rings is 1. The van der Waals surface area contributed by atoms with Crippen LogP contribution >= 0.6 is 22.9 Å². The van der Waals surface area contributed by atoms with E-state index in [9.17, 15) is 0 Å². The number of benzene rings is 1. The summed E-state index contributed by atoms with van der Waals surface area (Å²) in [5.41, 5.74) is 0.954. The fourth-order valence-electron chi connectivity index (χ4n) is 4.01. The molecular weight excluding hydrogens is 374 g/mol. The molecule has 4 heterocycles. The molecule has 1 aromatic carbocycles. The SMILES string of the molecule is Clc1cc2c(cc1CN1CCOC3(CCN(c4nccs4)C3)C1)OCO2. The van der Waals surface area contributed by atoms with Gasteiger partial charge in [-0.1, -0.05) is 11.6 Å². The van der Waals surface area contributed by atoms with Gasteiger partial charge in [-0.3, -0.25) is 4.90 Å². The lowest BCUT2D eigenvalue weighted by Gasteiger charge is -2.40. The van der Waals surface area contributed by atoms with Crippen molar-refractivity contribution in [2.75, 3.05) is 44.5 Å². The molecule has 8 heteroatoms. The van der Waals surface area contributed by atoms with Gasteiger partial charge in [-0.15, -0.1) is 11.3 Å². The van der Waals surface area contributed by atoms with Gasteiger partial charge in [-0.05, 0) is 18.1 Å². The summed E-state index contributed by atoms with van der Waals surface area (Å²) < 4.78 is 17.1. The first-order valence-electron chi connectivity index (χ1n) is 8.80. The van der Waals surface area contributed by atoms with Gasteiger partial charge < -0.3 is 19.1 Å². The van der Waals surface area contributed by atoms with E-state index in [4.69, 9.17) is 25.8 Å². The molecule has 2 aromatic rings. The highest BCUT2D eigenvalue weighted by Gasteiger charge is 2.43. The third kappa shape index (κ3) is 3.03. The molecule has 138 valence electrons. The predicted molar refractivity (Wildman–Crippen MR) is 100 cm³/mol. The van der Waals surface area contributed by atoms with Crippen LogP contribution in [-0.2, 0) is 11.3 Å². The summed E-state index contributed by atoms with van der Waals surface area (Å²) in [6.07, 6.45) is 2.89. The molecular formula is C18H20ClN3O3S. The molecule has 1 aromatic heterocycles. The monoisotopic (exact) mass is 393 g/mol. The number of hydrogen-bond donors (Lipinski definition) is 0. The highest BCUT2D eigenvalue weighted by molar-refractivity contribution is 7.13. The van der Waals surface area contributed by atoms with Gasteiger partial charge in [0.2, 0.25) is 6.79 Å². The molecule has 0 bridgehead atoms. The third-order valence-electron chi connectivity index (χ3n) is 5.27. The van der Waals surface area contributed by atoms with Crippen molar-refractivity contribution in [3.63, 3.8) is 0 Å². The zero-order valence-corrected chi connectivity index (χ0v) is 15.9. The van der Waals surface area contributed by atoms with E-state index in [2.05, 4.69) is 14.8 Å². The molecule has 0 N–H and O–H groups in total. The lowest BCUT2D eigenvalue weighted by molar-refractivity contribution is -0.0974. The molecule has 1 atom stereocenters. The second-order valence-corrected chi connectivity index (χ2v) is 8.31. The molecule has 1 unspecified atom stereocenters. The molecule has 26 heavy (non-hydrogen) atoms. The first kappa shape index (κ1) is 16.6. The zero-order chi connectivity index (χ0) is 17.6. The maximum Gasteiger partial charge on any atom is 0.231 e. The van der Waals surface area contributed by atoms with Crippen LogP contribution in [0.25, 0.3) is 0 Å². The largest absolute Gasteiger partial charge is 0.454 e. The number of thiazole rings is 1. The number of ether oxygens (including phenoxy) is 3. The van der Waals surface area contributed by atoms with Crippen molar-refractivity contribution in [1.29, 1.82) is 0 Å². The van der Waals surface area contributed by atoms with E-state index < -0.39 is 0 Å². The van der Waals surface area contributed by atoms with Crippen molar-refractivity contribution >= 4 is 28.1 Å². The van der Waals surface area contributed by atoms with E-state index in [1.807, 2.05) is 23.7 Å². The van der Waals surface area contributed by atoms with Crippen LogP contribution < -0.4 is 14.4 Å². The van der Waals surface area contributed by atoms with Crippen molar-refractivity contribution in [3.8, 4) is 11.5 Å². The fraction of sp³-hybridized carbons (Fsp3) is 0.500. The fourth-order valence-corrected chi connectivity index (χ4v) is 4.89. The van der Waals surface area contributed by atoms with Crippen molar-refractivity contribution in [3.05, 3.63) is 34.3 Å². The van der Waals surface area contributed by atoms with E-state index in [0.29, 0.717) is 0 Å². The van der Waals surface area contributed by atoms with Crippen LogP contribution in [0, 0.1) is 0 Å². The van der Waals surface area contributed by atoms with Gasteiger partial charge in [-0.25, -0.2) is 4.98 Å². The lowest BCUT2D eigenvalue weighted by Crippen LogP contribution is -2.53. The first-order valence-corrected chi connectivity index (χ1v) is 10.1. The molecule has 6 nitrogen and oxygen atoms in total. The minimum absolute atomic E-state index is 0.118. The summed E-state index contributed by atoms with van der Waals surface area (Å²) in [6, 6.07) is 3.86. The van der Waals surface area contributed by atoms with E-state index in [1.165, 1.54) is 0 Å². The van der Waals surface area contributed by atoms with Crippen LogP contribution in [-0.4, -0.2) is 55.1 Å². The minimum atomic E-state index is -0.118. The van der Waals surface area contributed by atoms with E-state index in [1.54, 1.807) is 11.3 Å². The van der Waals surface area contributed by atoms with Gasteiger partial charge in [0.25, 0.3) is 0 Å². The smallest absolute Gasteiger partial charge is 0.231 e. The second kappa shape index (κ2) is 6.56. The summed E-state index contributed by atoms with van der Waals surface area (Å²) in [7, 11) is 0. The third-order valence-corrected chi connectivity index (χ3v) is 6.45. The number of nitrogens with zero attached hydrogens (tertiary/aromatic N) is 3. The molecule has 2 fully saturated rings. The Labute approximate surface area is 161 Å². The molecule has 3 aliphatic rings. The van der Waals surface area contributed by atoms with Gasteiger partial charge in [0.05, 0.1) is 13.2 Å². The number of rotatable bonds is 3. The Morgan fingerprint density at radius 1 is 1.19 bits per heavy atom. The molecule has 3 aliphatic heterocycles. The van der Waals surface area contributed by atoms with Crippen molar-refractivity contribution in [1.82, 2.24) is 9.88 Å². The number of halogens is 1. The van der Waals surface area contributed by atoms with Crippen LogP contribution in [0.1, 0.15) is 12.0 Å². The molecule has 5 rings (SSSR count). The van der Waals surface area contributed by atoms with Crippen LogP contribution in [0.15, 0.2) is 23.7 Å². The second-order valence-electron chi connectivity index (χ2n) is 7.03. The average Bonchev–Trinajstić information content (AvgIpc) is 3.36. The first-order chi connectivity index (χ1) is 12.7. The Morgan fingerprint density at radius 2 is 2.08 bits per heavy atom. The van der Waals surface area contributed by atoms with Gasteiger partial charge in [0.15, 0.2) is 16.6 Å². The lowest BCUT2D eigenvalue weighted by atomic mass is 10.00. The summed E-state index contributed by atoms with van der Waals surface area (Å²) >= 11 is 8.15. The molecule has 0 radical (unpaired) electrons. The standard InChI is InChI=1S/C18H20ClN3O3S/c19-14-8-16-15(23-12-24-16)7-13(14)9-21-4-5-25-18(10-21)1-3-22(11-18)17-20-2-6-26-17/h2,6-8H,1,3-5,9-12H2. The summed E-state index contributed by atoms with van der Waals surface area (Å²) in [5.74, 6) is 1.51. The maximum absolute atomic E-state index is 6.46. The van der Waals surface area contributed by atoms with E-state index >= 15 is 0 Å². The Kier molecular flexibility index (Phi) is 4.20. The minimum Gasteiger partial charge on any atom is -0.454 e. The van der Waals surface area contributed by atoms with Crippen molar-refractivity contribution < 1.29 is 14.2 Å². The van der Waals surface area contributed by atoms with Crippen molar-refractivity contribution in [2.24, 2.45) is 0 Å². The van der Waals surface area contributed by atoms with Crippen LogP contribution in [0.5, 0.6) is 11.5 Å². The van der Waals surface area contributed by atoms with Crippen LogP contribution in [0.2, 0.25) is 5.02 Å². The van der Waals surface area contributed by atoms with Gasteiger partial charge in [0, 0.05) is 48.8 Å². The maximum atomic E-state index is 6.46. The average molecular weight is 394 g/mol. The number of aromatic nitrogens is 1. The topological polar surface area (TPSA) is 47.1 Å². The summed E-state index contributed by atoms with van der Waals surface area (Å²) in [6.45, 7) is 5.50. The van der Waals surface area contributed by atoms with Gasteiger partial charge in [0.1, 0.15) is 5.60 Å². The Hall–Kier alpha value is -1.54. The summed E-state index contributed by atoms with van der Waals surface area (Å²) in [4.78, 5) is 9.20. The number of hydrogen-bond acceptors (Lipinski definition) is 7. The van der Waals surface area contributed by atoms with Gasteiger partial charge >= 0.3 is 0 Å². The molecule has 1 spiro atoms. The molecule has 0 saturated carbocycles. The predicted octanol–water partition coefficient (Wildman–Crippen LogP) is 3.01. The Balaban J connectivity index is 1.30. The highest BCUT2D eigenvalue weighted by atomic mass is 35.5. The zero-order valence-electron chi connectivity index (χ0n) is 14.3. The highest BCUT2D eigenvalue weighted by Crippen LogP contribution is 2.38. The quantitative estimate of drug-likeness (QED) is 0.798. The number of anilines is 1. The number of fused-ring (bicyclic) bond motifs is 1. The van der Waals surface area contributed by atoms with Crippen molar-refractivity contribution in [2.45, 2.75) is 18.6 Å². The molecule has 0 amide bonds.